The van der Waals surface area contributed by atoms with E-state index in [1.54, 1.807) is 9.80 Å². The van der Waals surface area contributed by atoms with E-state index in [4.69, 9.17) is 16.3 Å². The standard InChI is InChI=1S/C35H40ClF2N7O6/c1-42-27(25-5-6-28(51-2)31(38)30(25)37)18-40-32(42)33(48)41-23-3-4-24(26(36)15-23)35(50)44-11-9-43(10-12-44)34(49)22-7-13-45(14-8-22,20-29(46)47)19-21-16-39-17-21/h3-6,15,18,21-22,39H,7-14,16-17,19-20H2,1-2H3,(H-,41,46,47,48,50). The molecule has 4 heterocycles. The number of carboxylic acids is 1. The van der Waals surface area contributed by atoms with Gasteiger partial charge in [-0.3, -0.25) is 14.4 Å². The summed E-state index contributed by atoms with van der Waals surface area (Å²) < 4.78 is 35.6. The first-order valence-electron chi connectivity index (χ1n) is 16.9. The summed E-state index contributed by atoms with van der Waals surface area (Å²) in [7, 11) is 2.72. The number of aromatic nitrogens is 2. The molecule has 0 saturated carbocycles. The second-order valence-corrected chi connectivity index (χ2v) is 13.9. The van der Waals surface area contributed by atoms with Crippen LogP contribution in [0.3, 0.4) is 0 Å². The summed E-state index contributed by atoms with van der Waals surface area (Å²) in [4.78, 5) is 59.0. The third-order valence-corrected chi connectivity index (χ3v) is 10.6. The Kier molecular flexibility index (Phi) is 10.6. The number of piperidine rings is 1. The Morgan fingerprint density at radius 1 is 1.04 bits per heavy atom. The topological polar surface area (TPSA) is 149 Å². The molecule has 2 aromatic carbocycles. The van der Waals surface area contributed by atoms with E-state index in [1.807, 2.05) is 0 Å². The molecule has 13 nitrogen and oxygen atoms in total. The molecule has 272 valence electrons. The number of carbonyl (C=O) groups excluding carboxylic acids is 4. The summed E-state index contributed by atoms with van der Waals surface area (Å²) >= 11 is 6.51. The van der Waals surface area contributed by atoms with Crippen LogP contribution in [0.2, 0.25) is 5.02 Å². The molecule has 6 rings (SSSR count). The van der Waals surface area contributed by atoms with E-state index in [0.717, 1.165) is 19.6 Å². The number of rotatable bonds is 10. The first-order valence-corrected chi connectivity index (χ1v) is 17.3. The Hall–Kier alpha value is -4.60. The van der Waals surface area contributed by atoms with Gasteiger partial charge in [0.2, 0.25) is 11.7 Å². The number of hydrogen-bond donors (Lipinski definition) is 2. The molecule has 0 atom stereocenters. The number of aliphatic carboxylic acids is 1. The summed E-state index contributed by atoms with van der Waals surface area (Å²) in [5.41, 5.74) is 0.607. The molecule has 1 aromatic heterocycles. The molecule has 3 aliphatic heterocycles. The lowest BCUT2D eigenvalue weighted by molar-refractivity contribution is -0.931. The number of likely N-dealkylation sites (tertiary alicyclic amines) is 1. The predicted molar refractivity (Wildman–Crippen MR) is 181 cm³/mol. The highest BCUT2D eigenvalue weighted by atomic mass is 35.5. The Balaban J connectivity index is 1.02. The predicted octanol–water partition coefficient (Wildman–Crippen LogP) is 1.76. The van der Waals surface area contributed by atoms with Crippen LogP contribution in [0.5, 0.6) is 5.75 Å². The van der Waals surface area contributed by atoms with E-state index in [1.165, 1.54) is 55.3 Å². The summed E-state index contributed by atoms with van der Waals surface area (Å²) in [6, 6.07) is 7.10. The largest absolute Gasteiger partial charge is 0.544 e. The number of anilines is 1. The van der Waals surface area contributed by atoms with Gasteiger partial charge >= 0.3 is 0 Å². The highest BCUT2D eigenvalue weighted by Gasteiger charge is 2.41. The van der Waals surface area contributed by atoms with Gasteiger partial charge in [0.15, 0.2) is 17.4 Å². The van der Waals surface area contributed by atoms with Crippen LogP contribution in [0.25, 0.3) is 11.3 Å². The van der Waals surface area contributed by atoms with Crippen LogP contribution in [-0.4, -0.2) is 120 Å². The lowest BCUT2D eigenvalue weighted by atomic mass is 9.90. The third-order valence-electron chi connectivity index (χ3n) is 10.3. The molecule has 0 bridgehead atoms. The van der Waals surface area contributed by atoms with Gasteiger partial charge in [-0.25, -0.2) is 9.37 Å². The number of imidazole rings is 1. The van der Waals surface area contributed by atoms with Crippen molar-refractivity contribution in [3.05, 3.63) is 64.6 Å². The minimum atomic E-state index is -1.15. The molecule has 3 aliphatic rings. The van der Waals surface area contributed by atoms with Gasteiger partial charge in [-0.15, -0.1) is 0 Å². The van der Waals surface area contributed by atoms with Crippen molar-refractivity contribution in [1.82, 2.24) is 24.7 Å². The number of carbonyl (C=O) groups is 4. The van der Waals surface area contributed by atoms with Crippen molar-refractivity contribution in [2.45, 2.75) is 12.8 Å². The molecule has 0 unspecified atom stereocenters. The fourth-order valence-corrected chi connectivity index (χ4v) is 7.60. The molecule has 3 amide bonds. The number of hydrogen-bond acceptors (Lipinski definition) is 8. The van der Waals surface area contributed by atoms with E-state index in [9.17, 15) is 33.1 Å². The molecule has 3 saturated heterocycles. The average molecular weight is 728 g/mol. The van der Waals surface area contributed by atoms with E-state index < -0.39 is 23.5 Å². The second-order valence-electron chi connectivity index (χ2n) is 13.5. The highest BCUT2D eigenvalue weighted by Crippen LogP contribution is 2.31. The second kappa shape index (κ2) is 14.9. The van der Waals surface area contributed by atoms with Crippen molar-refractivity contribution in [2.75, 3.05) is 77.9 Å². The smallest absolute Gasteiger partial charge is 0.291 e. The molecule has 51 heavy (non-hydrogen) atoms. The molecule has 0 radical (unpaired) electrons. The van der Waals surface area contributed by atoms with Crippen LogP contribution >= 0.6 is 11.6 Å². The number of nitrogens with one attached hydrogen (secondary N) is 2. The van der Waals surface area contributed by atoms with Crippen molar-refractivity contribution in [2.24, 2.45) is 18.9 Å². The number of piperazine rings is 1. The normalized spacial score (nSPS) is 20.8. The van der Waals surface area contributed by atoms with Gasteiger partial charge in [0.05, 0.1) is 55.2 Å². The maximum atomic E-state index is 14.7. The number of amides is 3. The van der Waals surface area contributed by atoms with E-state index in [0.29, 0.717) is 68.2 Å². The maximum Gasteiger partial charge on any atom is 0.291 e. The van der Waals surface area contributed by atoms with Crippen molar-refractivity contribution < 1.29 is 42.3 Å². The Morgan fingerprint density at radius 2 is 1.73 bits per heavy atom. The minimum Gasteiger partial charge on any atom is -0.544 e. The molecule has 16 heteroatoms. The molecule has 3 aromatic rings. The molecule has 0 spiro atoms. The number of ether oxygens (including phenoxy) is 1. The van der Waals surface area contributed by atoms with Gasteiger partial charge in [-0.2, -0.15) is 4.39 Å². The SMILES string of the molecule is COc1ccc(-c2cnc(C(=O)Nc3ccc(C(=O)N4CCN(C(=O)C5CC[N+](CC(=O)[O-])(CC6CNC6)CC5)CC4)c(Cl)c3)n2C)c(F)c1F. The summed E-state index contributed by atoms with van der Waals surface area (Å²) in [5.74, 6) is -4.30. The van der Waals surface area contributed by atoms with Gasteiger partial charge in [0.25, 0.3) is 11.8 Å². The highest BCUT2D eigenvalue weighted by molar-refractivity contribution is 6.34. The number of methoxy groups -OCH3 is 1. The number of carboxylic acid groups (broad SMARTS) is 1. The van der Waals surface area contributed by atoms with Crippen LogP contribution in [0.4, 0.5) is 14.5 Å². The first kappa shape index (κ1) is 36.2. The summed E-state index contributed by atoms with van der Waals surface area (Å²) in [6.07, 6.45) is 2.49. The average Bonchev–Trinajstić information content (AvgIpc) is 3.48. The van der Waals surface area contributed by atoms with Crippen molar-refractivity contribution >= 4 is 41.0 Å². The first-order chi connectivity index (χ1) is 24.4. The Labute approximate surface area is 298 Å². The number of halogens is 3. The zero-order valence-electron chi connectivity index (χ0n) is 28.4. The van der Waals surface area contributed by atoms with Crippen molar-refractivity contribution in [3.8, 4) is 17.0 Å². The van der Waals surface area contributed by atoms with Crippen molar-refractivity contribution in [3.63, 3.8) is 0 Å². The monoisotopic (exact) mass is 727 g/mol. The lowest BCUT2D eigenvalue weighted by Crippen LogP contribution is -2.63. The van der Waals surface area contributed by atoms with Crippen LogP contribution in [0.15, 0.2) is 36.5 Å². The maximum absolute atomic E-state index is 14.7. The number of nitrogens with zero attached hydrogens (tertiary/aromatic N) is 5. The Morgan fingerprint density at radius 3 is 2.33 bits per heavy atom. The molecule has 2 N–H and O–H groups in total. The van der Waals surface area contributed by atoms with E-state index in [-0.39, 0.29) is 57.7 Å². The molecule has 3 fully saturated rings. The molecular weight excluding hydrogens is 688 g/mol. The molecular formula is C35H40ClF2N7O6. The zero-order valence-corrected chi connectivity index (χ0v) is 29.2. The van der Waals surface area contributed by atoms with E-state index >= 15 is 0 Å². The van der Waals surface area contributed by atoms with Gasteiger partial charge < -0.3 is 44.1 Å². The minimum absolute atomic E-state index is 0.0317. The van der Waals surface area contributed by atoms with Crippen molar-refractivity contribution in [1.29, 1.82) is 0 Å². The summed E-state index contributed by atoms with van der Waals surface area (Å²) in [5, 5.41) is 17.6. The summed E-state index contributed by atoms with van der Waals surface area (Å²) in [6.45, 7) is 5.17. The fourth-order valence-electron chi connectivity index (χ4n) is 7.34. The number of quaternary nitrogens is 1. The van der Waals surface area contributed by atoms with Crippen LogP contribution < -0.4 is 20.5 Å². The number of benzene rings is 2. The zero-order chi connectivity index (χ0) is 36.4. The van der Waals surface area contributed by atoms with Crippen LogP contribution in [0, 0.1) is 23.5 Å². The lowest BCUT2D eigenvalue weighted by Gasteiger charge is -2.47. The molecule has 0 aliphatic carbocycles. The quantitative estimate of drug-likeness (QED) is 0.301. The van der Waals surface area contributed by atoms with Crippen LogP contribution in [-0.2, 0) is 16.6 Å². The van der Waals surface area contributed by atoms with Crippen LogP contribution in [0.1, 0.15) is 33.8 Å². The third kappa shape index (κ3) is 7.55. The van der Waals surface area contributed by atoms with Gasteiger partial charge in [-0.1, -0.05) is 11.6 Å². The van der Waals surface area contributed by atoms with Gasteiger partial charge in [0.1, 0.15) is 6.54 Å². The fraction of sp³-hybridized carbons (Fsp3) is 0.457. The Bertz CT molecular complexity index is 1830. The van der Waals surface area contributed by atoms with Gasteiger partial charge in [-0.05, 0) is 30.3 Å². The van der Waals surface area contributed by atoms with E-state index in [2.05, 4.69) is 15.6 Å². The van der Waals surface area contributed by atoms with Gasteiger partial charge in [0, 0.05) is 82.2 Å².